The number of ether oxygens (including phenoxy) is 2. The molecule has 6 heteroatoms. The van der Waals surface area contributed by atoms with Gasteiger partial charge in [0, 0.05) is 31.3 Å². The number of rotatable bonds is 3. The van der Waals surface area contributed by atoms with Crippen molar-refractivity contribution in [2.45, 2.75) is 18.4 Å². The Morgan fingerprint density at radius 2 is 2.22 bits per heavy atom. The Morgan fingerprint density at radius 1 is 1.35 bits per heavy atom. The number of fused-ring (bicyclic) bond motifs is 1. The molecule has 0 radical (unpaired) electrons. The molecule has 1 aromatic heterocycles. The monoisotopic (exact) mass is 313 g/mol. The second kappa shape index (κ2) is 5.70. The Morgan fingerprint density at radius 3 is 3.04 bits per heavy atom. The molecule has 4 rings (SSSR count). The molecular formula is C17H19N3O3. The first kappa shape index (κ1) is 14.3. The van der Waals surface area contributed by atoms with Crippen molar-refractivity contribution in [1.82, 2.24) is 15.1 Å². The van der Waals surface area contributed by atoms with E-state index in [4.69, 9.17) is 9.47 Å². The predicted octanol–water partition coefficient (Wildman–Crippen LogP) is 1.79. The van der Waals surface area contributed by atoms with Gasteiger partial charge >= 0.3 is 0 Å². The normalized spacial score (nSPS) is 22.7. The Balaban J connectivity index is 1.56. The summed E-state index contributed by atoms with van der Waals surface area (Å²) < 4.78 is 12.8. The summed E-state index contributed by atoms with van der Waals surface area (Å²) in [6.45, 7) is 1.83. The quantitative estimate of drug-likeness (QED) is 0.938. The highest BCUT2D eigenvalue weighted by atomic mass is 16.5. The van der Waals surface area contributed by atoms with Gasteiger partial charge in [-0.05, 0) is 12.5 Å². The lowest BCUT2D eigenvalue weighted by atomic mass is 10.0. The number of benzene rings is 1. The van der Waals surface area contributed by atoms with E-state index in [-0.39, 0.29) is 17.9 Å². The van der Waals surface area contributed by atoms with Crippen molar-refractivity contribution in [3.8, 4) is 5.75 Å². The molecule has 3 heterocycles. The summed E-state index contributed by atoms with van der Waals surface area (Å²) in [5.74, 6) is 0.933. The zero-order valence-corrected chi connectivity index (χ0v) is 13.0. The molecule has 2 aliphatic rings. The third-order valence-electron chi connectivity index (χ3n) is 4.42. The number of hydrogen-bond acceptors (Lipinski definition) is 4. The van der Waals surface area contributed by atoms with E-state index in [9.17, 15) is 4.79 Å². The largest absolute Gasteiger partial charge is 0.491 e. The maximum atomic E-state index is 12.7. The van der Waals surface area contributed by atoms with Gasteiger partial charge in [0.15, 0.2) is 0 Å². The van der Waals surface area contributed by atoms with E-state index < -0.39 is 0 Å². The van der Waals surface area contributed by atoms with Crippen LogP contribution in [0.3, 0.4) is 0 Å². The first-order valence-electron chi connectivity index (χ1n) is 7.86. The molecule has 1 amide bonds. The van der Waals surface area contributed by atoms with Gasteiger partial charge in [0.1, 0.15) is 12.4 Å². The molecule has 0 saturated carbocycles. The van der Waals surface area contributed by atoms with Crippen LogP contribution in [0.15, 0.2) is 30.5 Å². The Hall–Kier alpha value is -2.34. The van der Waals surface area contributed by atoms with E-state index in [1.807, 2.05) is 31.3 Å². The lowest BCUT2D eigenvalue weighted by Gasteiger charge is -2.13. The van der Waals surface area contributed by atoms with E-state index >= 15 is 0 Å². The first-order chi connectivity index (χ1) is 11.2. The Kier molecular flexibility index (Phi) is 3.53. The standard InChI is InChI=1S/C17H19N3O3/c1-20-8-13(16(19-20)11-6-7-22-9-11)17(21)18-14-10-23-15-5-3-2-4-12(14)15/h2-5,8,11,14H,6-7,9-10H2,1H3,(H,18,21)/t11-,14-/m1/s1. The number of nitrogens with one attached hydrogen (secondary N) is 1. The minimum Gasteiger partial charge on any atom is -0.491 e. The summed E-state index contributed by atoms with van der Waals surface area (Å²) in [6, 6.07) is 7.68. The molecule has 0 bridgehead atoms. The van der Waals surface area contributed by atoms with Gasteiger partial charge in [-0.1, -0.05) is 18.2 Å². The van der Waals surface area contributed by atoms with Crippen molar-refractivity contribution in [2.24, 2.45) is 7.05 Å². The first-order valence-corrected chi connectivity index (χ1v) is 7.86. The minimum absolute atomic E-state index is 0.106. The molecule has 1 aromatic carbocycles. The van der Waals surface area contributed by atoms with Crippen molar-refractivity contribution in [3.63, 3.8) is 0 Å². The maximum Gasteiger partial charge on any atom is 0.255 e. The molecule has 2 atom stereocenters. The van der Waals surface area contributed by atoms with Crippen LogP contribution in [-0.4, -0.2) is 35.5 Å². The van der Waals surface area contributed by atoms with Crippen LogP contribution in [0.5, 0.6) is 5.75 Å². The highest BCUT2D eigenvalue weighted by molar-refractivity contribution is 5.95. The number of para-hydroxylation sites is 1. The molecule has 23 heavy (non-hydrogen) atoms. The van der Waals surface area contributed by atoms with Gasteiger partial charge < -0.3 is 14.8 Å². The fourth-order valence-corrected chi connectivity index (χ4v) is 3.25. The van der Waals surface area contributed by atoms with Crippen LogP contribution < -0.4 is 10.1 Å². The van der Waals surface area contributed by atoms with Crippen LogP contribution in [0.25, 0.3) is 0 Å². The Labute approximate surface area is 134 Å². The van der Waals surface area contributed by atoms with Crippen LogP contribution in [0.4, 0.5) is 0 Å². The summed E-state index contributed by atoms with van der Waals surface area (Å²) in [7, 11) is 1.84. The van der Waals surface area contributed by atoms with Gasteiger partial charge in [0.05, 0.1) is 23.9 Å². The second-order valence-electron chi connectivity index (χ2n) is 6.04. The van der Waals surface area contributed by atoms with Crippen molar-refractivity contribution >= 4 is 5.91 Å². The van der Waals surface area contributed by atoms with Gasteiger partial charge in [-0.25, -0.2) is 0 Å². The molecule has 0 unspecified atom stereocenters. The fraction of sp³-hybridized carbons (Fsp3) is 0.412. The SMILES string of the molecule is Cn1cc(C(=O)N[C@@H]2COc3ccccc32)c([C@@H]2CCOC2)n1. The molecule has 2 aliphatic heterocycles. The molecule has 0 spiro atoms. The van der Waals surface area contributed by atoms with Gasteiger partial charge in [0.25, 0.3) is 5.91 Å². The van der Waals surface area contributed by atoms with Crippen LogP contribution in [0.1, 0.15) is 40.0 Å². The van der Waals surface area contributed by atoms with Crippen molar-refractivity contribution in [3.05, 3.63) is 47.3 Å². The average Bonchev–Trinajstić information content (AvgIpc) is 3.27. The number of nitrogens with zero attached hydrogens (tertiary/aromatic N) is 2. The topological polar surface area (TPSA) is 65.4 Å². The fourth-order valence-electron chi connectivity index (χ4n) is 3.25. The average molecular weight is 313 g/mol. The van der Waals surface area contributed by atoms with Gasteiger partial charge in [0.2, 0.25) is 0 Å². The summed E-state index contributed by atoms with van der Waals surface area (Å²) >= 11 is 0. The molecule has 0 aliphatic carbocycles. The van der Waals surface area contributed by atoms with Crippen molar-refractivity contribution < 1.29 is 14.3 Å². The van der Waals surface area contributed by atoms with Crippen LogP contribution in [0.2, 0.25) is 0 Å². The van der Waals surface area contributed by atoms with Crippen LogP contribution in [-0.2, 0) is 11.8 Å². The van der Waals surface area contributed by atoms with E-state index in [1.54, 1.807) is 10.9 Å². The number of hydrogen-bond donors (Lipinski definition) is 1. The lowest BCUT2D eigenvalue weighted by Crippen LogP contribution is -2.30. The van der Waals surface area contributed by atoms with Gasteiger partial charge in [-0.2, -0.15) is 5.10 Å². The molecule has 1 fully saturated rings. The number of aryl methyl sites for hydroxylation is 1. The summed E-state index contributed by atoms with van der Waals surface area (Å²) in [5, 5.41) is 7.55. The molecule has 6 nitrogen and oxygen atoms in total. The zero-order valence-electron chi connectivity index (χ0n) is 13.0. The maximum absolute atomic E-state index is 12.7. The summed E-state index contributed by atoms with van der Waals surface area (Å²) in [4.78, 5) is 12.7. The summed E-state index contributed by atoms with van der Waals surface area (Å²) in [6.07, 6.45) is 2.69. The number of carbonyl (C=O) groups is 1. The molecular weight excluding hydrogens is 294 g/mol. The van der Waals surface area contributed by atoms with E-state index in [1.165, 1.54) is 0 Å². The van der Waals surface area contributed by atoms with E-state index in [0.29, 0.717) is 18.8 Å². The van der Waals surface area contributed by atoms with E-state index in [0.717, 1.165) is 30.0 Å². The third kappa shape index (κ3) is 2.59. The van der Waals surface area contributed by atoms with Crippen molar-refractivity contribution in [2.75, 3.05) is 19.8 Å². The van der Waals surface area contributed by atoms with Crippen LogP contribution >= 0.6 is 0 Å². The number of amides is 1. The second-order valence-corrected chi connectivity index (χ2v) is 6.04. The molecule has 120 valence electrons. The van der Waals surface area contributed by atoms with E-state index in [2.05, 4.69) is 10.4 Å². The van der Waals surface area contributed by atoms with Gasteiger partial charge in [-0.3, -0.25) is 9.48 Å². The molecule has 1 N–H and O–H groups in total. The molecule has 1 saturated heterocycles. The third-order valence-corrected chi connectivity index (χ3v) is 4.42. The molecule has 2 aromatic rings. The minimum atomic E-state index is -0.119. The highest BCUT2D eigenvalue weighted by Crippen LogP contribution is 2.32. The van der Waals surface area contributed by atoms with Crippen LogP contribution in [0, 0.1) is 0 Å². The summed E-state index contributed by atoms with van der Waals surface area (Å²) in [5.41, 5.74) is 2.48. The zero-order chi connectivity index (χ0) is 15.8. The number of aromatic nitrogens is 2. The smallest absolute Gasteiger partial charge is 0.255 e. The van der Waals surface area contributed by atoms with Gasteiger partial charge in [-0.15, -0.1) is 0 Å². The highest BCUT2D eigenvalue weighted by Gasteiger charge is 2.30. The van der Waals surface area contributed by atoms with Crippen molar-refractivity contribution in [1.29, 1.82) is 0 Å². The predicted molar refractivity (Wildman–Crippen MR) is 83.5 cm³/mol. The number of carbonyl (C=O) groups excluding carboxylic acids is 1. The lowest BCUT2D eigenvalue weighted by molar-refractivity contribution is 0.0928. The Bertz CT molecular complexity index is 734.